The lowest BCUT2D eigenvalue weighted by Crippen LogP contribution is -2.04. The van der Waals surface area contributed by atoms with Gasteiger partial charge in [-0.3, -0.25) is 9.59 Å². The molecule has 0 atom stereocenters. The molecule has 0 spiro atoms. The highest BCUT2D eigenvalue weighted by Crippen LogP contribution is 2.15. The summed E-state index contributed by atoms with van der Waals surface area (Å²) >= 11 is 0. The van der Waals surface area contributed by atoms with Gasteiger partial charge < -0.3 is 0 Å². The van der Waals surface area contributed by atoms with Gasteiger partial charge in [0.05, 0.1) is 0 Å². The molecule has 106 valence electrons. The highest BCUT2D eigenvalue weighted by atomic mass is 16.1. The van der Waals surface area contributed by atoms with Gasteiger partial charge in [-0.1, -0.05) is 60.2 Å². The predicted octanol–water partition coefficient (Wildman–Crippen LogP) is 4.02. The zero-order chi connectivity index (χ0) is 15.2. The molecule has 21 heavy (non-hydrogen) atoms. The van der Waals surface area contributed by atoms with E-state index in [1.165, 1.54) is 13.0 Å². The van der Waals surface area contributed by atoms with E-state index in [1.54, 1.807) is 6.08 Å². The van der Waals surface area contributed by atoms with Gasteiger partial charge >= 0.3 is 0 Å². The summed E-state index contributed by atoms with van der Waals surface area (Å²) in [5, 5.41) is 0. The molecule has 0 amide bonds. The van der Waals surface area contributed by atoms with E-state index < -0.39 is 0 Å². The quantitative estimate of drug-likeness (QED) is 0.611. The smallest absolute Gasteiger partial charge is 0.167 e. The van der Waals surface area contributed by atoms with Gasteiger partial charge in [0.25, 0.3) is 0 Å². The number of ketones is 2. The molecular formula is C19H18O2. The summed E-state index contributed by atoms with van der Waals surface area (Å²) in [5.41, 5.74) is 3.69. The van der Waals surface area contributed by atoms with E-state index in [0.29, 0.717) is 12.0 Å². The molecule has 0 radical (unpaired) electrons. The van der Waals surface area contributed by atoms with Gasteiger partial charge in [0, 0.05) is 12.0 Å². The first kappa shape index (κ1) is 14.9. The standard InChI is InChI=1S/C19H18O2/c1-14-7-10-17(11-8-14)19(21)13-18-6-4-3-5-16(18)12-9-15(2)20/h3-12H,13H2,1-2H3/b12-9+. The Bertz CT molecular complexity index is 679. The van der Waals surface area contributed by atoms with Gasteiger partial charge in [-0.2, -0.15) is 0 Å². The van der Waals surface area contributed by atoms with Crippen LogP contribution in [0.4, 0.5) is 0 Å². The average Bonchev–Trinajstić information content (AvgIpc) is 2.47. The third-order valence-electron chi connectivity index (χ3n) is 3.28. The number of rotatable bonds is 5. The molecule has 0 fully saturated rings. The van der Waals surface area contributed by atoms with Crippen LogP contribution in [-0.4, -0.2) is 11.6 Å². The van der Waals surface area contributed by atoms with Gasteiger partial charge in [0.2, 0.25) is 0 Å². The van der Waals surface area contributed by atoms with Crippen LogP contribution in [0, 0.1) is 6.92 Å². The highest BCUT2D eigenvalue weighted by molar-refractivity contribution is 5.98. The van der Waals surface area contributed by atoms with Gasteiger partial charge in [-0.05, 0) is 31.1 Å². The molecule has 0 aliphatic heterocycles. The molecule has 0 bridgehead atoms. The fourth-order valence-corrected chi connectivity index (χ4v) is 2.08. The fourth-order valence-electron chi connectivity index (χ4n) is 2.08. The number of aryl methyl sites for hydroxylation is 1. The molecular weight excluding hydrogens is 260 g/mol. The van der Waals surface area contributed by atoms with Crippen LogP contribution in [0.1, 0.15) is 34.0 Å². The molecule has 0 N–H and O–H groups in total. The Kier molecular flexibility index (Phi) is 4.83. The maximum Gasteiger partial charge on any atom is 0.167 e. The van der Waals surface area contributed by atoms with Gasteiger partial charge in [-0.25, -0.2) is 0 Å². The van der Waals surface area contributed by atoms with Crippen LogP contribution in [0.25, 0.3) is 6.08 Å². The topological polar surface area (TPSA) is 34.1 Å². The third kappa shape index (κ3) is 4.25. The van der Waals surface area contributed by atoms with Gasteiger partial charge in [-0.15, -0.1) is 0 Å². The second-order valence-corrected chi connectivity index (χ2v) is 5.11. The normalized spacial score (nSPS) is 10.8. The Labute approximate surface area is 125 Å². The molecule has 0 saturated carbocycles. The number of Topliss-reactive ketones (excluding diaryl/α,β-unsaturated/α-hetero) is 1. The van der Waals surface area contributed by atoms with E-state index in [1.807, 2.05) is 55.5 Å². The minimum Gasteiger partial charge on any atom is -0.295 e. The molecule has 2 rings (SSSR count). The van der Waals surface area contributed by atoms with Crippen molar-refractivity contribution >= 4 is 17.6 Å². The summed E-state index contributed by atoms with van der Waals surface area (Å²) in [4.78, 5) is 23.4. The van der Waals surface area contributed by atoms with E-state index in [2.05, 4.69) is 0 Å². The monoisotopic (exact) mass is 278 g/mol. The summed E-state index contributed by atoms with van der Waals surface area (Å²) < 4.78 is 0. The molecule has 2 heteroatoms. The zero-order valence-electron chi connectivity index (χ0n) is 12.3. The van der Waals surface area contributed by atoms with E-state index >= 15 is 0 Å². The van der Waals surface area contributed by atoms with E-state index in [9.17, 15) is 9.59 Å². The lowest BCUT2D eigenvalue weighted by atomic mass is 9.98. The number of allylic oxidation sites excluding steroid dienone is 1. The molecule has 0 aliphatic rings. The van der Waals surface area contributed by atoms with Crippen LogP contribution in [0.2, 0.25) is 0 Å². The Hall–Kier alpha value is -2.48. The highest BCUT2D eigenvalue weighted by Gasteiger charge is 2.09. The van der Waals surface area contributed by atoms with Gasteiger partial charge in [0.1, 0.15) is 0 Å². The second-order valence-electron chi connectivity index (χ2n) is 5.11. The number of carbonyl (C=O) groups excluding carboxylic acids is 2. The van der Waals surface area contributed by atoms with Crippen molar-refractivity contribution in [1.82, 2.24) is 0 Å². The summed E-state index contributed by atoms with van der Waals surface area (Å²) in [6.07, 6.45) is 3.62. The molecule has 0 unspecified atom stereocenters. The van der Waals surface area contributed by atoms with Gasteiger partial charge in [0.15, 0.2) is 11.6 Å². The lowest BCUT2D eigenvalue weighted by Gasteiger charge is -2.06. The maximum atomic E-state index is 12.3. The van der Waals surface area contributed by atoms with Crippen LogP contribution >= 0.6 is 0 Å². The Morgan fingerprint density at radius 3 is 2.33 bits per heavy atom. The number of hydrogen-bond acceptors (Lipinski definition) is 2. The van der Waals surface area contributed by atoms with Crippen molar-refractivity contribution in [1.29, 1.82) is 0 Å². The first-order valence-corrected chi connectivity index (χ1v) is 6.92. The minimum atomic E-state index is -0.00494. The average molecular weight is 278 g/mol. The zero-order valence-corrected chi connectivity index (χ0v) is 12.3. The molecule has 2 aromatic rings. The molecule has 0 aromatic heterocycles. The van der Waals surface area contributed by atoms with Crippen LogP contribution in [0.3, 0.4) is 0 Å². The number of carbonyl (C=O) groups is 2. The fraction of sp³-hybridized carbons (Fsp3) is 0.158. The van der Waals surface area contributed by atoms with Crippen molar-refractivity contribution in [3.8, 4) is 0 Å². The second kappa shape index (κ2) is 6.80. The van der Waals surface area contributed by atoms with E-state index in [4.69, 9.17) is 0 Å². The van der Waals surface area contributed by atoms with Crippen LogP contribution < -0.4 is 0 Å². The molecule has 0 aliphatic carbocycles. The minimum absolute atomic E-state index is 0.00494. The van der Waals surface area contributed by atoms with Crippen molar-refractivity contribution in [3.63, 3.8) is 0 Å². The van der Waals surface area contributed by atoms with Crippen LogP contribution in [-0.2, 0) is 11.2 Å². The molecule has 2 nitrogen and oxygen atoms in total. The van der Waals surface area contributed by atoms with Crippen molar-refractivity contribution in [3.05, 3.63) is 76.9 Å². The largest absolute Gasteiger partial charge is 0.295 e. The summed E-state index contributed by atoms with van der Waals surface area (Å²) in [7, 11) is 0. The van der Waals surface area contributed by atoms with E-state index in [0.717, 1.165) is 16.7 Å². The summed E-state index contributed by atoms with van der Waals surface area (Å²) in [6.45, 7) is 3.51. The Balaban J connectivity index is 2.21. The third-order valence-corrected chi connectivity index (χ3v) is 3.28. The molecule has 0 heterocycles. The lowest BCUT2D eigenvalue weighted by molar-refractivity contribution is -0.112. The predicted molar refractivity (Wildman–Crippen MR) is 85.4 cm³/mol. The van der Waals surface area contributed by atoms with Crippen LogP contribution in [0.5, 0.6) is 0 Å². The van der Waals surface area contributed by atoms with Crippen molar-refractivity contribution < 1.29 is 9.59 Å². The van der Waals surface area contributed by atoms with E-state index in [-0.39, 0.29) is 11.6 Å². The molecule has 2 aromatic carbocycles. The first-order valence-electron chi connectivity index (χ1n) is 6.92. The SMILES string of the molecule is CC(=O)/C=C/c1ccccc1CC(=O)c1ccc(C)cc1. The van der Waals surface area contributed by atoms with Crippen molar-refractivity contribution in [2.75, 3.05) is 0 Å². The van der Waals surface area contributed by atoms with Crippen LogP contribution in [0.15, 0.2) is 54.6 Å². The number of benzene rings is 2. The summed E-state index contributed by atoms with van der Waals surface area (Å²) in [6, 6.07) is 15.2. The Morgan fingerprint density at radius 2 is 1.67 bits per heavy atom. The first-order chi connectivity index (χ1) is 10.1. The summed E-state index contributed by atoms with van der Waals surface area (Å²) in [5.74, 6) is 0.0772. The maximum absolute atomic E-state index is 12.3. The van der Waals surface area contributed by atoms with Crippen molar-refractivity contribution in [2.45, 2.75) is 20.3 Å². The molecule has 0 saturated heterocycles. The van der Waals surface area contributed by atoms with Crippen molar-refractivity contribution in [2.24, 2.45) is 0 Å². The number of hydrogen-bond donors (Lipinski definition) is 0. The Morgan fingerprint density at radius 1 is 1.00 bits per heavy atom.